The topological polar surface area (TPSA) is 55.6 Å². The third-order valence-corrected chi connectivity index (χ3v) is 6.15. The van der Waals surface area contributed by atoms with E-state index in [1.807, 2.05) is 49.4 Å². The number of nitrogens with zero attached hydrogens (tertiary/aromatic N) is 2. The van der Waals surface area contributed by atoms with E-state index in [9.17, 15) is 4.79 Å². The first-order valence-corrected chi connectivity index (χ1v) is 10.6. The minimum Gasteiger partial charge on any atom is -0.497 e. The number of amidine groups is 1. The fourth-order valence-corrected chi connectivity index (χ4v) is 4.16. The van der Waals surface area contributed by atoms with Crippen LogP contribution >= 0.6 is 35.0 Å². The number of hydrogen-bond donors (Lipinski definition) is 1. The van der Waals surface area contributed by atoms with Crippen molar-refractivity contribution < 1.29 is 9.53 Å². The predicted octanol–water partition coefficient (Wildman–Crippen LogP) is 5.99. The smallest absolute Gasteiger partial charge is 0.264 e. The number of aryl methyl sites for hydroxylation is 1. The van der Waals surface area contributed by atoms with E-state index in [0.29, 0.717) is 25.8 Å². The maximum absolute atomic E-state index is 12.5. The normalized spacial score (nSPS) is 16.3. The number of nitrogens with one attached hydrogen (secondary N) is 1. The average Bonchev–Trinajstić information content (AvgIpc) is 3.27. The lowest BCUT2D eigenvalue weighted by Crippen LogP contribution is -2.19. The Balaban J connectivity index is 1.63. The fourth-order valence-electron chi connectivity index (χ4n) is 3.04. The largest absolute Gasteiger partial charge is 0.497 e. The highest BCUT2D eigenvalue weighted by atomic mass is 35.5. The lowest BCUT2D eigenvalue weighted by molar-refractivity contribution is -0.115. The third kappa shape index (κ3) is 4.26. The van der Waals surface area contributed by atoms with Crippen LogP contribution in [0.3, 0.4) is 0 Å². The summed E-state index contributed by atoms with van der Waals surface area (Å²) in [5.74, 6) is 0.594. The molecule has 0 aliphatic carbocycles. The molecule has 152 valence electrons. The fraction of sp³-hybridized carbons (Fsp3) is 0.0909. The lowest BCUT2D eigenvalue weighted by Gasteiger charge is -2.10. The number of hydrogen-bond acceptors (Lipinski definition) is 4. The Bertz CT molecular complexity index is 1180. The second kappa shape index (κ2) is 8.60. The van der Waals surface area contributed by atoms with Crippen LogP contribution in [0.1, 0.15) is 11.4 Å². The van der Waals surface area contributed by atoms with Gasteiger partial charge in [-0.15, -0.1) is 0 Å². The molecule has 5 nitrogen and oxygen atoms in total. The summed E-state index contributed by atoms with van der Waals surface area (Å²) in [6, 6.07) is 16.8. The molecule has 1 aromatic heterocycles. The molecule has 1 fully saturated rings. The van der Waals surface area contributed by atoms with Crippen LogP contribution < -0.4 is 10.1 Å². The van der Waals surface area contributed by atoms with Crippen molar-refractivity contribution in [1.82, 2.24) is 9.88 Å². The number of ether oxygens (including phenoxy) is 1. The van der Waals surface area contributed by atoms with Crippen molar-refractivity contribution in [3.63, 3.8) is 0 Å². The van der Waals surface area contributed by atoms with Gasteiger partial charge in [-0.1, -0.05) is 23.2 Å². The van der Waals surface area contributed by atoms with Gasteiger partial charge in [-0.25, -0.2) is 4.99 Å². The van der Waals surface area contributed by atoms with Crippen molar-refractivity contribution in [3.8, 4) is 11.4 Å². The summed E-state index contributed by atoms with van der Waals surface area (Å²) >= 11 is 13.3. The van der Waals surface area contributed by atoms with E-state index in [1.165, 1.54) is 11.8 Å². The Labute approximate surface area is 188 Å². The van der Waals surface area contributed by atoms with Gasteiger partial charge in [0.15, 0.2) is 5.17 Å². The molecule has 2 heterocycles. The highest BCUT2D eigenvalue weighted by molar-refractivity contribution is 8.18. The Morgan fingerprint density at radius 1 is 1.07 bits per heavy atom. The van der Waals surface area contributed by atoms with Gasteiger partial charge in [-0.3, -0.25) is 4.79 Å². The minimum absolute atomic E-state index is 0.195. The Morgan fingerprint density at radius 3 is 2.53 bits per heavy atom. The number of methoxy groups -OCH3 is 1. The molecule has 0 unspecified atom stereocenters. The average molecular weight is 458 g/mol. The molecule has 2 aromatic carbocycles. The Hall–Kier alpha value is -2.67. The summed E-state index contributed by atoms with van der Waals surface area (Å²) < 4.78 is 7.31. The molecular formula is C22H17Cl2N3O2S. The van der Waals surface area contributed by atoms with Gasteiger partial charge in [0.05, 0.1) is 27.7 Å². The van der Waals surface area contributed by atoms with Gasteiger partial charge in [0.2, 0.25) is 0 Å². The van der Waals surface area contributed by atoms with Crippen LogP contribution in [0.4, 0.5) is 5.69 Å². The van der Waals surface area contributed by atoms with Crippen molar-refractivity contribution in [2.45, 2.75) is 6.92 Å². The quantitative estimate of drug-likeness (QED) is 0.489. The van der Waals surface area contributed by atoms with Crippen LogP contribution in [0.2, 0.25) is 10.0 Å². The molecule has 1 aliphatic heterocycles. The second-order valence-electron chi connectivity index (χ2n) is 6.51. The standard InChI is InChI=1S/C22H17Cl2N3O2S/c1-13-3-5-16(27(13)15-6-8-17(29-2)9-7-15)12-20-21(28)26-22(30-20)25-14-4-10-18(23)19(24)11-14/h3-12H,1-2H3,(H,25,26,28)/b20-12-. The van der Waals surface area contributed by atoms with Crippen LogP contribution in [-0.2, 0) is 4.79 Å². The maximum atomic E-state index is 12.5. The van der Waals surface area contributed by atoms with E-state index in [1.54, 1.807) is 25.3 Å². The van der Waals surface area contributed by atoms with Gasteiger partial charge in [0.1, 0.15) is 5.75 Å². The second-order valence-corrected chi connectivity index (χ2v) is 8.36. The molecule has 1 aliphatic rings. The number of halogens is 2. The molecule has 8 heteroatoms. The first-order valence-electron chi connectivity index (χ1n) is 9.02. The number of amides is 1. The van der Waals surface area contributed by atoms with Gasteiger partial charge >= 0.3 is 0 Å². The third-order valence-electron chi connectivity index (χ3n) is 4.50. The van der Waals surface area contributed by atoms with E-state index in [-0.39, 0.29) is 5.91 Å². The monoisotopic (exact) mass is 457 g/mol. The predicted molar refractivity (Wildman–Crippen MR) is 124 cm³/mol. The number of rotatable bonds is 4. The van der Waals surface area contributed by atoms with Crippen molar-refractivity contribution in [3.05, 3.63) is 80.9 Å². The highest BCUT2D eigenvalue weighted by Gasteiger charge is 2.24. The molecule has 0 radical (unpaired) electrons. The summed E-state index contributed by atoms with van der Waals surface area (Å²) in [4.78, 5) is 17.5. The number of carbonyl (C=O) groups is 1. The maximum Gasteiger partial charge on any atom is 0.264 e. The van der Waals surface area contributed by atoms with Gasteiger partial charge in [-0.2, -0.15) is 0 Å². The Morgan fingerprint density at radius 2 is 1.83 bits per heavy atom. The van der Waals surface area contributed by atoms with Crippen molar-refractivity contribution in [1.29, 1.82) is 0 Å². The van der Waals surface area contributed by atoms with E-state index >= 15 is 0 Å². The number of benzene rings is 2. The molecule has 0 atom stereocenters. The van der Waals surface area contributed by atoms with Gasteiger partial charge in [-0.05, 0) is 79.4 Å². The molecule has 0 spiro atoms. The van der Waals surface area contributed by atoms with E-state index in [2.05, 4.69) is 14.9 Å². The summed E-state index contributed by atoms with van der Waals surface area (Å²) in [5, 5.41) is 4.15. The van der Waals surface area contributed by atoms with Gasteiger partial charge in [0.25, 0.3) is 5.91 Å². The first kappa shape index (κ1) is 20.6. The summed E-state index contributed by atoms with van der Waals surface area (Å²) in [6.07, 6.45) is 1.86. The van der Waals surface area contributed by atoms with Crippen LogP contribution in [0, 0.1) is 6.92 Å². The SMILES string of the molecule is COc1ccc(-n2c(C)ccc2/C=C2\SC(=Nc3ccc(Cl)c(Cl)c3)NC2=O)cc1. The van der Waals surface area contributed by atoms with Crippen LogP contribution in [0.15, 0.2) is 64.5 Å². The summed E-state index contributed by atoms with van der Waals surface area (Å²) in [7, 11) is 1.64. The molecule has 3 aromatic rings. The molecule has 30 heavy (non-hydrogen) atoms. The minimum atomic E-state index is -0.195. The van der Waals surface area contributed by atoms with E-state index in [0.717, 1.165) is 22.8 Å². The molecule has 0 bridgehead atoms. The van der Waals surface area contributed by atoms with Crippen LogP contribution in [-0.4, -0.2) is 22.8 Å². The van der Waals surface area contributed by atoms with Crippen LogP contribution in [0.25, 0.3) is 11.8 Å². The van der Waals surface area contributed by atoms with Crippen LogP contribution in [0.5, 0.6) is 5.75 Å². The zero-order valence-electron chi connectivity index (χ0n) is 16.1. The number of aromatic nitrogens is 1. The van der Waals surface area contributed by atoms with Gasteiger partial charge in [0, 0.05) is 17.1 Å². The number of thioether (sulfide) groups is 1. The molecule has 0 saturated carbocycles. The molecule has 1 saturated heterocycles. The van der Waals surface area contributed by atoms with E-state index < -0.39 is 0 Å². The van der Waals surface area contributed by atoms with Gasteiger partial charge < -0.3 is 14.6 Å². The highest BCUT2D eigenvalue weighted by Crippen LogP contribution is 2.31. The zero-order chi connectivity index (χ0) is 21.3. The number of aliphatic imine (C=N–C) groups is 1. The Kier molecular flexibility index (Phi) is 5.90. The molecule has 1 amide bonds. The van der Waals surface area contributed by atoms with E-state index in [4.69, 9.17) is 27.9 Å². The van der Waals surface area contributed by atoms with Crippen molar-refractivity contribution in [2.24, 2.45) is 4.99 Å². The molecular weight excluding hydrogens is 441 g/mol. The summed E-state index contributed by atoms with van der Waals surface area (Å²) in [6.45, 7) is 2.02. The van der Waals surface area contributed by atoms with Crippen molar-refractivity contribution >= 4 is 57.8 Å². The number of carbonyl (C=O) groups excluding carboxylic acids is 1. The zero-order valence-corrected chi connectivity index (χ0v) is 18.5. The first-order chi connectivity index (χ1) is 14.4. The van der Waals surface area contributed by atoms with Crippen molar-refractivity contribution in [2.75, 3.05) is 7.11 Å². The molecule has 1 N–H and O–H groups in total. The summed E-state index contributed by atoms with van der Waals surface area (Å²) in [5.41, 5.74) is 3.55. The molecule has 4 rings (SSSR count). The lowest BCUT2D eigenvalue weighted by atomic mass is 10.2.